The van der Waals surface area contributed by atoms with Gasteiger partial charge in [0.2, 0.25) is 0 Å². The van der Waals surface area contributed by atoms with E-state index in [-0.39, 0.29) is 6.10 Å². The van der Waals surface area contributed by atoms with Gasteiger partial charge in [0.05, 0.1) is 6.10 Å². The lowest BCUT2D eigenvalue weighted by Gasteiger charge is -2.18. The van der Waals surface area contributed by atoms with Gasteiger partial charge in [0.15, 0.2) is 0 Å². The highest BCUT2D eigenvalue weighted by molar-refractivity contribution is 5.76. The van der Waals surface area contributed by atoms with Gasteiger partial charge in [-0.25, -0.2) is 0 Å². The summed E-state index contributed by atoms with van der Waals surface area (Å²) in [4.78, 5) is 0. The molecule has 0 bridgehead atoms. The molecule has 2 atom stereocenters. The number of ether oxygens (including phenoxy) is 1. The molecule has 0 fully saturated rings. The molecule has 0 radical (unpaired) electrons. The molecular weight excluding hydrogens is 280 g/mol. The van der Waals surface area contributed by atoms with Gasteiger partial charge in [0.1, 0.15) is 0 Å². The second-order valence-electron chi connectivity index (χ2n) is 7.52. The van der Waals surface area contributed by atoms with E-state index in [1.54, 1.807) is 16.7 Å². The summed E-state index contributed by atoms with van der Waals surface area (Å²) >= 11 is 0. The second kappa shape index (κ2) is 5.49. The summed E-state index contributed by atoms with van der Waals surface area (Å²) < 4.78 is 5.85. The first-order valence-electron chi connectivity index (χ1n) is 8.87. The van der Waals surface area contributed by atoms with Gasteiger partial charge in [0, 0.05) is 7.11 Å². The van der Waals surface area contributed by atoms with Crippen molar-refractivity contribution in [1.29, 1.82) is 0 Å². The molecule has 0 N–H and O–H groups in total. The Labute approximate surface area is 139 Å². The molecule has 4 rings (SSSR count). The molecule has 1 heteroatoms. The standard InChI is InChI=1S/C22H26O/c1-13-8-14(2)10-17(9-13)21-18-7-5-6-16(18)12-20-19(21)11-15(3)22(20)23-4/h8-10,12,15,22H,5-7,11H2,1-4H3/t15-,22?/m1/s1. The summed E-state index contributed by atoms with van der Waals surface area (Å²) in [7, 11) is 1.86. The predicted octanol–water partition coefficient (Wildman–Crippen LogP) is 5.34. The van der Waals surface area contributed by atoms with E-state index in [9.17, 15) is 0 Å². The molecule has 0 heterocycles. The highest BCUT2D eigenvalue weighted by Crippen LogP contribution is 2.47. The minimum atomic E-state index is 0.264. The summed E-state index contributed by atoms with van der Waals surface area (Å²) in [5.41, 5.74) is 11.9. The maximum Gasteiger partial charge on any atom is 0.0852 e. The maximum absolute atomic E-state index is 5.85. The molecule has 2 aromatic carbocycles. The van der Waals surface area contributed by atoms with Crippen LogP contribution in [-0.4, -0.2) is 7.11 Å². The number of aryl methyl sites for hydroxylation is 3. The Kier molecular flexibility index (Phi) is 3.57. The molecule has 120 valence electrons. The van der Waals surface area contributed by atoms with Crippen molar-refractivity contribution in [3.63, 3.8) is 0 Å². The topological polar surface area (TPSA) is 9.23 Å². The van der Waals surface area contributed by atoms with Crippen LogP contribution in [0, 0.1) is 19.8 Å². The summed E-state index contributed by atoms with van der Waals surface area (Å²) in [6.07, 6.45) is 5.16. The largest absolute Gasteiger partial charge is 0.376 e. The first-order chi connectivity index (χ1) is 11.1. The zero-order valence-corrected chi connectivity index (χ0v) is 14.7. The van der Waals surface area contributed by atoms with Gasteiger partial charge in [-0.3, -0.25) is 0 Å². The molecule has 0 aromatic heterocycles. The minimum Gasteiger partial charge on any atom is -0.376 e. The van der Waals surface area contributed by atoms with E-state index in [2.05, 4.69) is 45.0 Å². The smallest absolute Gasteiger partial charge is 0.0852 e. The Morgan fingerprint density at radius 1 is 0.957 bits per heavy atom. The number of benzene rings is 2. The molecule has 23 heavy (non-hydrogen) atoms. The summed E-state index contributed by atoms with van der Waals surface area (Å²) in [5.74, 6) is 0.571. The number of fused-ring (bicyclic) bond motifs is 2. The van der Waals surface area contributed by atoms with Crippen LogP contribution in [0.1, 0.15) is 52.8 Å². The maximum atomic E-state index is 5.85. The zero-order valence-electron chi connectivity index (χ0n) is 14.7. The Balaban J connectivity index is 1.99. The van der Waals surface area contributed by atoms with Crippen molar-refractivity contribution in [3.05, 3.63) is 57.6 Å². The summed E-state index contributed by atoms with van der Waals surface area (Å²) in [6, 6.07) is 9.47. The Hall–Kier alpha value is -1.60. The fraction of sp³-hybridized carbons (Fsp3) is 0.455. The normalized spacial score (nSPS) is 22.3. The monoisotopic (exact) mass is 306 g/mol. The van der Waals surface area contributed by atoms with Gasteiger partial charge in [-0.2, -0.15) is 0 Å². The van der Waals surface area contributed by atoms with Crippen LogP contribution in [0.25, 0.3) is 11.1 Å². The van der Waals surface area contributed by atoms with E-state index >= 15 is 0 Å². The predicted molar refractivity (Wildman–Crippen MR) is 96.0 cm³/mol. The Bertz CT molecular complexity index is 752. The minimum absolute atomic E-state index is 0.264. The van der Waals surface area contributed by atoms with Crippen LogP contribution >= 0.6 is 0 Å². The van der Waals surface area contributed by atoms with Gasteiger partial charge in [0.25, 0.3) is 0 Å². The van der Waals surface area contributed by atoms with Crippen LogP contribution < -0.4 is 0 Å². The fourth-order valence-electron chi connectivity index (χ4n) is 4.85. The lowest BCUT2D eigenvalue weighted by molar-refractivity contribution is 0.0695. The molecule has 0 aliphatic heterocycles. The van der Waals surface area contributed by atoms with Crippen LogP contribution in [-0.2, 0) is 24.0 Å². The average molecular weight is 306 g/mol. The van der Waals surface area contributed by atoms with Crippen LogP contribution in [0.5, 0.6) is 0 Å². The van der Waals surface area contributed by atoms with Crippen LogP contribution in [0.15, 0.2) is 24.3 Å². The lowest BCUT2D eigenvalue weighted by atomic mass is 9.88. The number of hydrogen-bond acceptors (Lipinski definition) is 1. The third-order valence-electron chi connectivity index (χ3n) is 5.66. The molecule has 0 spiro atoms. The molecule has 0 saturated carbocycles. The fourth-order valence-corrected chi connectivity index (χ4v) is 4.85. The van der Waals surface area contributed by atoms with Gasteiger partial charge in [-0.15, -0.1) is 0 Å². The summed E-state index contributed by atoms with van der Waals surface area (Å²) in [5, 5.41) is 0. The molecule has 0 saturated heterocycles. The van der Waals surface area contributed by atoms with Crippen molar-refractivity contribution in [2.24, 2.45) is 5.92 Å². The van der Waals surface area contributed by atoms with Crippen molar-refractivity contribution >= 4 is 0 Å². The van der Waals surface area contributed by atoms with Crippen LogP contribution in [0.2, 0.25) is 0 Å². The van der Waals surface area contributed by atoms with Crippen molar-refractivity contribution in [2.75, 3.05) is 7.11 Å². The first kappa shape index (κ1) is 15.0. The highest BCUT2D eigenvalue weighted by atomic mass is 16.5. The molecule has 2 aromatic rings. The number of rotatable bonds is 2. The molecule has 1 unspecified atom stereocenters. The zero-order chi connectivity index (χ0) is 16.1. The Morgan fingerprint density at radius 2 is 1.70 bits per heavy atom. The van der Waals surface area contributed by atoms with E-state index in [1.165, 1.54) is 47.1 Å². The summed E-state index contributed by atoms with van der Waals surface area (Å²) in [6.45, 7) is 6.74. The van der Waals surface area contributed by atoms with E-state index in [4.69, 9.17) is 4.74 Å². The van der Waals surface area contributed by atoms with Gasteiger partial charge in [-0.1, -0.05) is 42.3 Å². The Morgan fingerprint density at radius 3 is 2.39 bits per heavy atom. The molecule has 1 nitrogen and oxygen atoms in total. The van der Waals surface area contributed by atoms with Crippen molar-refractivity contribution in [2.45, 2.75) is 52.6 Å². The molecule has 2 aliphatic rings. The third kappa shape index (κ3) is 2.33. The average Bonchev–Trinajstić information content (AvgIpc) is 3.06. The molecular formula is C22H26O. The first-order valence-corrected chi connectivity index (χ1v) is 8.87. The van der Waals surface area contributed by atoms with Gasteiger partial charge in [-0.05, 0) is 78.8 Å². The van der Waals surface area contributed by atoms with Crippen LogP contribution in [0.3, 0.4) is 0 Å². The van der Waals surface area contributed by atoms with E-state index < -0.39 is 0 Å². The van der Waals surface area contributed by atoms with Gasteiger partial charge >= 0.3 is 0 Å². The van der Waals surface area contributed by atoms with Crippen molar-refractivity contribution in [3.8, 4) is 11.1 Å². The number of hydrogen-bond donors (Lipinski definition) is 0. The van der Waals surface area contributed by atoms with Crippen LogP contribution in [0.4, 0.5) is 0 Å². The highest BCUT2D eigenvalue weighted by Gasteiger charge is 2.34. The molecule has 2 aliphatic carbocycles. The number of methoxy groups -OCH3 is 1. The van der Waals surface area contributed by atoms with E-state index in [0.717, 1.165) is 6.42 Å². The second-order valence-corrected chi connectivity index (χ2v) is 7.52. The van der Waals surface area contributed by atoms with E-state index in [1.807, 2.05) is 7.11 Å². The van der Waals surface area contributed by atoms with Crippen molar-refractivity contribution in [1.82, 2.24) is 0 Å². The SMILES string of the molecule is COC1c2cc3c(c(-c4cc(C)cc(C)c4)c2C[C@H]1C)CCC3. The third-order valence-corrected chi connectivity index (χ3v) is 5.66. The van der Waals surface area contributed by atoms with E-state index in [0.29, 0.717) is 5.92 Å². The van der Waals surface area contributed by atoms with Gasteiger partial charge < -0.3 is 4.74 Å². The lowest BCUT2D eigenvalue weighted by Crippen LogP contribution is -2.05. The molecule has 0 amide bonds. The quantitative estimate of drug-likeness (QED) is 0.728. The van der Waals surface area contributed by atoms with Crippen molar-refractivity contribution < 1.29 is 4.74 Å².